The smallest absolute Gasteiger partial charge is 0.161 e. The lowest BCUT2D eigenvalue weighted by molar-refractivity contribution is 0.283. The largest absolute Gasteiger partial charge is 0.493 e. The summed E-state index contributed by atoms with van der Waals surface area (Å²) in [4.78, 5) is 2.39. The molecule has 5 heteroatoms. The highest BCUT2D eigenvalue weighted by molar-refractivity contribution is 6.33. The zero-order chi connectivity index (χ0) is 22.3. The van der Waals surface area contributed by atoms with E-state index < -0.39 is 0 Å². The number of aryl methyl sites for hydroxylation is 1. The summed E-state index contributed by atoms with van der Waals surface area (Å²) in [5.41, 5.74) is 5.65. The predicted octanol–water partition coefficient (Wildman–Crippen LogP) is 6.84. The van der Waals surface area contributed by atoms with Gasteiger partial charge in [0, 0.05) is 25.3 Å². The molecular formula is C27H31ClN2O2. The van der Waals surface area contributed by atoms with Crippen molar-refractivity contribution < 1.29 is 9.47 Å². The van der Waals surface area contributed by atoms with Crippen LogP contribution in [0.2, 0.25) is 5.02 Å². The lowest BCUT2D eigenvalue weighted by Crippen LogP contribution is -2.29. The van der Waals surface area contributed by atoms with Crippen molar-refractivity contribution in [2.75, 3.05) is 30.4 Å². The summed E-state index contributed by atoms with van der Waals surface area (Å²) in [5, 5.41) is 4.27. The highest BCUT2D eigenvalue weighted by atomic mass is 35.5. The van der Waals surface area contributed by atoms with E-state index in [1.807, 2.05) is 30.3 Å². The van der Waals surface area contributed by atoms with Crippen LogP contribution in [0, 0.1) is 6.92 Å². The van der Waals surface area contributed by atoms with Crippen LogP contribution in [-0.4, -0.2) is 20.2 Å². The van der Waals surface area contributed by atoms with Crippen LogP contribution in [0.5, 0.6) is 11.5 Å². The Labute approximate surface area is 196 Å². The SMILES string of the molecule is COc1cc(CNc2ccc(N3CCCCC3)c(Cl)c2)ccc1OCc1ccccc1C. The van der Waals surface area contributed by atoms with Crippen LogP contribution in [-0.2, 0) is 13.2 Å². The first-order valence-corrected chi connectivity index (χ1v) is 11.6. The Hall–Kier alpha value is -2.85. The van der Waals surface area contributed by atoms with Crippen molar-refractivity contribution >= 4 is 23.0 Å². The number of halogens is 1. The number of methoxy groups -OCH3 is 1. The maximum Gasteiger partial charge on any atom is 0.161 e. The van der Waals surface area contributed by atoms with E-state index >= 15 is 0 Å². The van der Waals surface area contributed by atoms with E-state index in [0.29, 0.717) is 13.2 Å². The molecule has 32 heavy (non-hydrogen) atoms. The summed E-state index contributed by atoms with van der Waals surface area (Å²) in [6.07, 6.45) is 3.79. The van der Waals surface area contributed by atoms with Crippen LogP contribution in [0.15, 0.2) is 60.7 Å². The van der Waals surface area contributed by atoms with Gasteiger partial charge in [0.05, 0.1) is 17.8 Å². The maximum atomic E-state index is 6.59. The Balaban J connectivity index is 1.38. The molecule has 1 heterocycles. The summed E-state index contributed by atoms with van der Waals surface area (Å²) in [6.45, 7) is 5.46. The Morgan fingerprint density at radius 3 is 2.50 bits per heavy atom. The van der Waals surface area contributed by atoms with Gasteiger partial charge in [-0.15, -0.1) is 0 Å². The molecule has 4 rings (SSSR count). The van der Waals surface area contributed by atoms with Gasteiger partial charge < -0.3 is 19.7 Å². The zero-order valence-corrected chi connectivity index (χ0v) is 19.6. The number of nitrogens with zero attached hydrogens (tertiary/aromatic N) is 1. The van der Waals surface area contributed by atoms with E-state index in [-0.39, 0.29) is 0 Å². The molecule has 168 valence electrons. The molecular weight excluding hydrogens is 420 g/mol. The van der Waals surface area contributed by atoms with Crippen molar-refractivity contribution in [1.82, 2.24) is 0 Å². The first-order valence-electron chi connectivity index (χ1n) is 11.3. The molecule has 3 aromatic rings. The molecule has 0 amide bonds. The molecule has 0 atom stereocenters. The molecule has 3 aromatic carbocycles. The fourth-order valence-corrected chi connectivity index (χ4v) is 4.38. The van der Waals surface area contributed by atoms with Crippen molar-refractivity contribution in [2.24, 2.45) is 0 Å². The Kier molecular flexibility index (Phi) is 7.43. The molecule has 0 spiro atoms. The van der Waals surface area contributed by atoms with Crippen molar-refractivity contribution in [1.29, 1.82) is 0 Å². The molecule has 0 bridgehead atoms. The van der Waals surface area contributed by atoms with Gasteiger partial charge in [0.1, 0.15) is 6.61 Å². The zero-order valence-electron chi connectivity index (χ0n) is 18.9. The van der Waals surface area contributed by atoms with Gasteiger partial charge in [-0.3, -0.25) is 0 Å². The first kappa shape index (κ1) is 22.3. The summed E-state index contributed by atoms with van der Waals surface area (Å²) in [6, 6.07) is 20.5. The molecule has 4 nitrogen and oxygen atoms in total. The average Bonchev–Trinajstić information content (AvgIpc) is 2.83. The minimum atomic E-state index is 0.516. The van der Waals surface area contributed by atoms with Crippen molar-refractivity contribution in [3.63, 3.8) is 0 Å². The Morgan fingerprint density at radius 1 is 0.938 bits per heavy atom. The van der Waals surface area contributed by atoms with Gasteiger partial charge in [-0.1, -0.05) is 41.9 Å². The van der Waals surface area contributed by atoms with E-state index in [9.17, 15) is 0 Å². The lowest BCUT2D eigenvalue weighted by atomic mass is 10.1. The normalized spacial score (nSPS) is 13.7. The number of ether oxygens (including phenoxy) is 2. The predicted molar refractivity (Wildman–Crippen MR) is 133 cm³/mol. The van der Waals surface area contributed by atoms with E-state index in [4.69, 9.17) is 21.1 Å². The highest BCUT2D eigenvalue weighted by Crippen LogP contribution is 2.32. The third-order valence-electron chi connectivity index (χ3n) is 6.01. The Bertz CT molecular complexity index is 1050. The minimum Gasteiger partial charge on any atom is -0.493 e. The van der Waals surface area contributed by atoms with Crippen molar-refractivity contribution in [3.8, 4) is 11.5 Å². The highest BCUT2D eigenvalue weighted by Gasteiger charge is 2.14. The van der Waals surface area contributed by atoms with E-state index in [2.05, 4.69) is 47.5 Å². The minimum absolute atomic E-state index is 0.516. The Morgan fingerprint density at radius 2 is 1.75 bits per heavy atom. The second-order valence-electron chi connectivity index (χ2n) is 8.27. The molecule has 1 aliphatic rings. The third-order valence-corrected chi connectivity index (χ3v) is 6.32. The van der Waals surface area contributed by atoms with Gasteiger partial charge in [-0.05, 0) is 73.2 Å². The average molecular weight is 451 g/mol. The quantitative estimate of drug-likeness (QED) is 0.407. The molecule has 1 saturated heterocycles. The number of benzene rings is 3. The molecule has 0 unspecified atom stereocenters. The van der Waals surface area contributed by atoms with E-state index in [1.165, 1.54) is 30.4 Å². The number of rotatable bonds is 8. The van der Waals surface area contributed by atoms with Gasteiger partial charge in [0.15, 0.2) is 11.5 Å². The molecule has 0 aliphatic carbocycles. The van der Waals surface area contributed by atoms with Crippen LogP contribution >= 0.6 is 11.6 Å². The maximum absolute atomic E-state index is 6.59. The molecule has 1 fully saturated rings. The van der Waals surface area contributed by atoms with Gasteiger partial charge in [-0.2, -0.15) is 0 Å². The van der Waals surface area contributed by atoms with Crippen molar-refractivity contribution in [3.05, 3.63) is 82.4 Å². The molecule has 0 saturated carbocycles. The van der Waals surface area contributed by atoms with Gasteiger partial charge in [0.2, 0.25) is 0 Å². The third kappa shape index (κ3) is 5.49. The number of anilines is 2. The molecule has 0 aromatic heterocycles. The lowest BCUT2D eigenvalue weighted by Gasteiger charge is -2.29. The van der Waals surface area contributed by atoms with Crippen molar-refractivity contribution in [2.45, 2.75) is 39.3 Å². The summed E-state index contributed by atoms with van der Waals surface area (Å²) >= 11 is 6.59. The number of hydrogen-bond acceptors (Lipinski definition) is 4. The fourth-order valence-electron chi connectivity index (χ4n) is 4.08. The number of piperidine rings is 1. The van der Waals surface area contributed by atoms with Gasteiger partial charge >= 0.3 is 0 Å². The van der Waals surface area contributed by atoms with Crippen LogP contribution in [0.4, 0.5) is 11.4 Å². The molecule has 1 N–H and O–H groups in total. The van der Waals surface area contributed by atoms with Gasteiger partial charge in [-0.25, -0.2) is 0 Å². The van der Waals surface area contributed by atoms with E-state index in [0.717, 1.165) is 46.5 Å². The standard InChI is InChI=1S/C27H31ClN2O2/c1-20-8-4-5-9-22(20)19-32-26-13-10-21(16-27(26)31-2)18-29-23-11-12-25(24(28)17-23)30-14-6-3-7-15-30/h4-5,8-13,16-17,29H,3,6-7,14-15,18-19H2,1-2H3. The van der Waals surface area contributed by atoms with Crippen LogP contribution < -0.4 is 19.7 Å². The summed E-state index contributed by atoms with van der Waals surface area (Å²) < 4.78 is 11.6. The molecule has 0 radical (unpaired) electrons. The van der Waals surface area contributed by atoms with Crippen LogP contribution in [0.25, 0.3) is 0 Å². The summed E-state index contributed by atoms with van der Waals surface area (Å²) in [7, 11) is 1.67. The topological polar surface area (TPSA) is 33.7 Å². The van der Waals surface area contributed by atoms with Crippen LogP contribution in [0.3, 0.4) is 0 Å². The number of hydrogen-bond donors (Lipinski definition) is 1. The van der Waals surface area contributed by atoms with Gasteiger partial charge in [0.25, 0.3) is 0 Å². The monoisotopic (exact) mass is 450 g/mol. The second-order valence-corrected chi connectivity index (χ2v) is 8.68. The number of nitrogens with one attached hydrogen (secondary N) is 1. The first-order chi connectivity index (χ1) is 15.6. The van der Waals surface area contributed by atoms with Crippen LogP contribution in [0.1, 0.15) is 36.0 Å². The fraction of sp³-hybridized carbons (Fsp3) is 0.333. The van der Waals surface area contributed by atoms with E-state index in [1.54, 1.807) is 7.11 Å². The summed E-state index contributed by atoms with van der Waals surface area (Å²) in [5.74, 6) is 1.48. The second kappa shape index (κ2) is 10.6. The molecule has 1 aliphatic heterocycles.